The van der Waals surface area contributed by atoms with Crippen molar-refractivity contribution in [2.45, 2.75) is 20.8 Å². The maximum atomic E-state index is 12.3. The van der Waals surface area contributed by atoms with E-state index in [1.165, 1.54) is 20.1 Å². The molecule has 28 heavy (non-hydrogen) atoms. The van der Waals surface area contributed by atoms with Crippen LogP contribution in [0.5, 0.6) is 11.5 Å². The summed E-state index contributed by atoms with van der Waals surface area (Å²) in [6.07, 6.45) is 3.00. The van der Waals surface area contributed by atoms with Crippen molar-refractivity contribution < 1.29 is 19.1 Å². The van der Waals surface area contributed by atoms with Crippen LogP contribution in [0.15, 0.2) is 36.4 Å². The zero-order valence-corrected chi connectivity index (χ0v) is 17.0. The van der Waals surface area contributed by atoms with Crippen LogP contribution < -0.4 is 20.1 Å². The van der Waals surface area contributed by atoms with E-state index in [1.807, 2.05) is 19.9 Å². The smallest absolute Gasteiger partial charge is 0.248 e. The SMILES string of the molecule is CCOc1c(Cl)cc(/C=C/C(=O)Nc2cc(C)ccc2NC(C)=O)cc1OC. The van der Waals surface area contributed by atoms with Crippen molar-refractivity contribution in [3.63, 3.8) is 0 Å². The van der Waals surface area contributed by atoms with Crippen molar-refractivity contribution in [2.75, 3.05) is 24.4 Å². The summed E-state index contributed by atoms with van der Waals surface area (Å²) in [4.78, 5) is 23.7. The molecule has 0 bridgehead atoms. The molecule has 2 N–H and O–H groups in total. The average molecular weight is 403 g/mol. The van der Waals surface area contributed by atoms with Gasteiger partial charge < -0.3 is 20.1 Å². The van der Waals surface area contributed by atoms with E-state index in [4.69, 9.17) is 21.1 Å². The minimum Gasteiger partial charge on any atom is -0.493 e. The van der Waals surface area contributed by atoms with Crippen molar-refractivity contribution >= 4 is 40.9 Å². The summed E-state index contributed by atoms with van der Waals surface area (Å²) < 4.78 is 10.8. The first-order valence-electron chi connectivity index (χ1n) is 8.71. The highest BCUT2D eigenvalue weighted by atomic mass is 35.5. The second-order valence-electron chi connectivity index (χ2n) is 6.02. The van der Waals surface area contributed by atoms with Gasteiger partial charge in [-0.25, -0.2) is 0 Å². The number of rotatable bonds is 7. The molecule has 0 aliphatic carbocycles. The van der Waals surface area contributed by atoms with Crippen LogP contribution in [0.2, 0.25) is 5.02 Å². The quantitative estimate of drug-likeness (QED) is 0.660. The molecule has 2 aromatic carbocycles. The number of hydrogen-bond donors (Lipinski definition) is 2. The maximum absolute atomic E-state index is 12.3. The standard InChI is InChI=1S/C21H23ClN2O4/c1-5-28-21-16(22)11-15(12-19(21)27-4)7-9-20(26)24-18-10-13(2)6-8-17(18)23-14(3)25/h6-12H,5H2,1-4H3,(H,23,25)(H,24,26)/b9-7+. The largest absolute Gasteiger partial charge is 0.493 e. The number of methoxy groups -OCH3 is 1. The molecule has 2 aromatic rings. The first-order valence-corrected chi connectivity index (χ1v) is 9.09. The van der Waals surface area contributed by atoms with Crippen molar-refractivity contribution in [2.24, 2.45) is 0 Å². The van der Waals surface area contributed by atoms with Crippen LogP contribution >= 0.6 is 11.6 Å². The Balaban J connectivity index is 2.20. The lowest BCUT2D eigenvalue weighted by molar-refractivity contribution is -0.114. The van der Waals surface area contributed by atoms with Crippen LogP contribution in [0.4, 0.5) is 11.4 Å². The Morgan fingerprint density at radius 2 is 1.89 bits per heavy atom. The molecule has 0 atom stereocenters. The summed E-state index contributed by atoms with van der Waals surface area (Å²) in [5.41, 5.74) is 2.70. The van der Waals surface area contributed by atoms with E-state index in [2.05, 4.69) is 10.6 Å². The van der Waals surface area contributed by atoms with E-state index in [0.29, 0.717) is 40.1 Å². The van der Waals surface area contributed by atoms with Gasteiger partial charge in [-0.05, 0) is 55.3 Å². The normalized spacial score (nSPS) is 10.6. The fourth-order valence-electron chi connectivity index (χ4n) is 2.53. The molecule has 0 aromatic heterocycles. The lowest BCUT2D eigenvalue weighted by Crippen LogP contribution is -2.13. The van der Waals surface area contributed by atoms with Gasteiger partial charge in [0.25, 0.3) is 0 Å². The fourth-order valence-corrected chi connectivity index (χ4v) is 2.80. The molecule has 0 aliphatic rings. The Morgan fingerprint density at radius 3 is 2.54 bits per heavy atom. The molecule has 7 heteroatoms. The number of hydrogen-bond acceptors (Lipinski definition) is 4. The third kappa shape index (κ3) is 5.76. The Labute approximate surface area is 169 Å². The van der Waals surface area contributed by atoms with E-state index < -0.39 is 0 Å². The molecule has 0 saturated heterocycles. The topological polar surface area (TPSA) is 76.7 Å². The maximum Gasteiger partial charge on any atom is 0.248 e. The Kier molecular flexibility index (Phi) is 7.46. The summed E-state index contributed by atoms with van der Waals surface area (Å²) in [5.74, 6) is 0.390. The number of amides is 2. The molecule has 0 fully saturated rings. The molecule has 2 rings (SSSR count). The van der Waals surface area contributed by atoms with Crippen LogP contribution in [0.1, 0.15) is 25.0 Å². The monoisotopic (exact) mass is 402 g/mol. The number of benzene rings is 2. The summed E-state index contributed by atoms with van der Waals surface area (Å²) >= 11 is 6.24. The van der Waals surface area contributed by atoms with Crippen LogP contribution in [-0.2, 0) is 9.59 Å². The third-order valence-corrected chi connectivity index (χ3v) is 3.99. The van der Waals surface area contributed by atoms with Crippen molar-refractivity contribution in [3.8, 4) is 11.5 Å². The molecule has 2 amide bonds. The van der Waals surface area contributed by atoms with Crippen LogP contribution in [-0.4, -0.2) is 25.5 Å². The average Bonchev–Trinajstić information content (AvgIpc) is 2.63. The third-order valence-electron chi connectivity index (χ3n) is 3.71. The molecule has 0 unspecified atom stereocenters. The summed E-state index contributed by atoms with van der Waals surface area (Å²) in [6, 6.07) is 8.80. The van der Waals surface area contributed by atoms with E-state index in [0.717, 1.165) is 5.56 Å². The summed E-state index contributed by atoms with van der Waals surface area (Å²) in [5, 5.41) is 5.86. The number of halogens is 1. The summed E-state index contributed by atoms with van der Waals surface area (Å²) in [6.45, 7) is 5.63. The van der Waals surface area contributed by atoms with Gasteiger partial charge in [-0.2, -0.15) is 0 Å². The minimum atomic E-state index is -0.346. The molecular formula is C21H23ClN2O4. The number of nitrogens with one attached hydrogen (secondary N) is 2. The molecule has 6 nitrogen and oxygen atoms in total. The Morgan fingerprint density at radius 1 is 1.14 bits per heavy atom. The minimum absolute atomic E-state index is 0.217. The molecule has 0 heterocycles. The number of aryl methyl sites for hydroxylation is 1. The van der Waals surface area contributed by atoms with Gasteiger partial charge in [0.1, 0.15) is 0 Å². The van der Waals surface area contributed by atoms with Crippen molar-refractivity contribution in [3.05, 3.63) is 52.6 Å². The van der Waals surface area contributed by atoms with Crippen molar-refractivity contribution in [1.29, 1.82) is 0 Å². The Bertz CT molecular complexity index is 910. The Hall–Kier alpha value is -2.99. The van der Waals surface area contributed by atoms with E-state index >= 15 is 0 Å². The fraction of sp³-hybridized carbons (Fsp3) is 0.238. The highest BCUT2D eigenvalue weighted by Crippen LogP contribution is 2.36. The van der Waals surface area contributed by atoms with Crippen LogP contribution in [0, 0.1) is 6.92 Å². The predicted octanol–water partition coefficient (Wildman–Crippen LogP) is 4.67. The van der Waals surface area contributed by atoms with E-state index in [1.54, 1.807) is 30.3 Å². The highest BCUT2D eigenvalue weighted by Gasteiger charge is 2.11. The number of anilines is 2. The van der Waals surface area contributed by atoms with Crippen molar-refractivity contribution in [1.82, 2.24) is 0 Å². The molecule has 0 aliphatic heterocycles. The molecule has 148 valence electrons. The lowest BCUT2D eigenvalue weighted by Gasteiger charge is -2.12. The predicted molar refractivity (Wildman–Crippen MR) is 112 cm³/mol. The first-order chi connectivity index (χ1) is 13.3. The van der Waals surface area contributed by atoms with Crippen LogP contribution in [0.3, 0.4) is 0 Å². The number of carbonyl (C=O) groups is 2. The number of carbonyl (C=O) groups excluding carboxylic acids is 2. The van der Waals surface area contributed by atoms with Gasteiger partial charge in [0.2, 0.25) is 11.8 Å². The second kappa shape index (κ2) is 9.80. The highest BCUT2D eigenvalue weighted by molar-refractivity contribution is 6.32. The molecule has 0 radical (unpaired) electrons. The van der Waals surface area contributed by atoms with Gasteiger partial charge in [-0.15, -0.1) is 0 Å². The van der Waals surface area contributed by atoms with Gasteiger partial charge in [-0.1, -0.05) is 17.7 Å². The van der Waals surface area contributed by atoms with E-state index in [-0.39, 0.29) is 11.8 Å². The van der Waals surface area contributed by atoms with E-state index in [9.17, 15) is 9.59 Å². The van der Waals surface area contributed by atoms with Gasteiger partial charge in [0, 0.05) is 13.0 Å². The van der Waals surface area contributed by atoms with Gasteiger partial charge >= 0.3 is 0 Å². The molecule has 0 spiro atoms. The zero-order chi connectivity index (χ0) is 20.7. The second-order valence-corrected chi connectivity index (χ2v) is 6.43. The van der Waals surface area contributed by atoms with Gasteiger partial charge in [0.15, 0.2) is 11.5 Å². The lowest BCUT2D eigenvalue weighted by atomic mass is 10.1. The zero-order valence-electron chi connectivity index (χ0n) is 16.3. The summed E-state index contributed by atoms with van der Waals surface area (Å²) in [7, 11) is 1.52. The first kappa shape index (κ1) is 21.3. The van der Waals surface area contributed by atoms with Crippen LogP contribution in [0.25, 0.3) is 6.08 Å². The molecular weight excluding hydrogens is 380 g/mol. The van der Waals surface area contributed by atoms with Gasteiger partial charge in [0.05, 0.1) is 30.1 Å². The number of ether oxygens (including phenoxy) is 2. The molecule has 0 saturated carbocycles. The van der Waals surface area contributed by atoms with Gasteiger partial charge in [-0.3, -0.25) is 9.59 Å².